The predicted octanol–water partition coefficient (Wildman–Crippen LogP) is 2.13. The number of ether oxygens (including phenoxy) is 1. The molecule has 4 nitrogen and oxygen atoms in total. The van der Waals surface area contributed by atoms with Gasteiger partial charge >= 0.3 is 6.92 Å². The van der Waals surface area contributed by atoms with Crippen LogP contribution in [0.4, 0.5) is 0 Å². The van der Waals surface area contributed by atoms with Crippen molar-refractivity contribution in [3.05, 3.63) is 48.9 Å². The summed E-state index contributed by atoms with van der Waals surface area (Å²) in [4.78, 5) is 8.49. The van der Waals surface area contributed by atoms with E-state index >= 15 is 0 Å². The van der Waals surface area contributed by atoms with Gasteiger partial charge in [0.05, 0.1) is 18.8 Å². The molecule has 0 aliphatic rings. The summed E-state index contributed by atoms with van der Waals surface area (Å²) in [5.41, 5.74) is 3.57. The molecular weight excluding hydrogens is 263 g/mol. The first kappa shape index (κ1) is 13.6. The van der Waals surface area contributed by atoms with Crippen molar-refractivity contribution >= 4 is 23.3 Å². The minimum absolute atomic E-state index is 0.521. The summed E-state index contributed by atoms with van der Waals surface area (Å²) >= 11 is 0. The molecule has 0 aliphatic heterocycles. The fourth-order valence-electron chi connectivity index (χ4n) is 2.33. The molecule has 1 aromatic carbocycles. The van der Waals surface area contributed by atoms with E-state index in [0.717, 1.165) is 33.2 Å². The Balaban J connectivity index is 2.18. The van der Waals surface area contributed by atoms with Crippen LogP contribution in [0.25, 0.3) is 22.0 Å². The highest BCUT2D eigenvalue weighted by molar-refractivity contribution is 6.64. The Morgan fingerprint density at radius 1 is 1.14 bits per heavy atom. The molecule has 0 unspecified atom stereocenters. The third-order valence-corrected chi connectivity index (χ3v) is 3.50. The molecule has 0 atom stereocenters. The highest BCUT2D eigenvalue weighted by atomic mass is 16.5. The Kier molecular flexibility index (Phi) is 3.58. The lowest BCUT2D eigenvalue weighted by Crippen LogP contribution is -2.26. The average Bonchev–Trinajstić information content (AvgIpc) is 2.53. The normalized spacial score (nSPS) is 10.6. The molecule has 0 fully saturated rings. The zero-order valence-electron chi connectivity index (χ0n) is 11.9. The molecule has 0 aliphatic carbocycles. The van der Waals surface area contributed by atoms with Crippen molar-refractivity contribution in [3.8, 4) is 16.9 Å². The second-order valence-corrected chi connectivity index (χ2v) is 4.93. The molecule has 0 saturated heterocycles. The molecule has 1 N–H and O–H groups in total. The number of methoxy groups -OCH3 is 1. The van der Waals surface area contributed by atoms with Gasteiger partial charge in [-0.2, -0.15) is 0 Å². The minimum atomic E-state index is -0.521. The largest absolute Gasteiger partial charge is 0.496 e. The van der Waals surface area contributed by atoms with Crippen LogP contribution in [0.2, 0.25) is 6.82 Å². The molecule has 0 saturated carbocycles. The van der Waals surface area contributed by atoms with Crippen molar-refractivity contribution in [2.45, 2.75) is 6.82 Å². The van der Waals surface area contributed by atoms with Crippen LogP contribution < -0.4 is 10.2 Å². The van der Waals surface area contributed by atoms with E-state index in [9.17, 15) is 5.02 Å². The van der Waals surface area contributed by atoms with E-state index < -0.39 is 6.92 Å². The SMILES string of the molecule is COc1ccc(B(C)O)cc1-c1cnc2cnccc2c1. The second-order valence-electron chi connectivity index (χ2n) is 4.93. The van der Waals surface area contributed by atoms with Crippen LogP contribution in [0, 0.1) is 0 Å². The lowest BCUT2D eigenvalue weighted by Gasteiger charge is -2.12. The quantitative estimate of drug-likeness (QED) is 0.746. The monoisotopic (exact) mass is 278 g/mol. The Hall–Kier alpha value is -2.40. The van der Waals surface area contributed by atoms with Gasteiger partial charge in [-0.15, -0.1) is 0 Å². The number of nitrogens with zero attached hydrogens (tertiary/aromatic N) is 2. The molecule has 0 spiro atoms. The highest BCUT2D eigenvalue weighted by Gasteiger charge is 2.13. The van der Waals surface area contributed by atoms with E-state index in [4.69, 9.17) is 4.74 Å². The first-order valence-corrected chi connectivity index (χ1v) is 6.75. The molecule has 5 heteroatoms. The molecule has 0 bridgehead atoms. The summed E-state index contributed by atoms with van der Waals surface area (Å²) in [6, 6.07) is 9.65. The van der Waals surface area contributed by atoms with Gasteiger partial charge in [0.2, 0.25) is 0 Å². The number of aromatic nitrogens is 2. The van der Waals surface area contributed by atoms with Crippen molar-refractivity contribution in [1.82, 2.24) is 9.97 Å². The highest BCUT2D eigenvalue weighted by Crippen LogP contribution is 2.30. The van der Waals surface area contributed by atoms with Gasteiger partial charge in [-0.25, -0.2) is 0 Å². The van der Waals surface area contributed by atoms with Crippen molar-refractivity contribution in [3.63, 3.8) is 0 Å². The third-order valence-electron chi connectivity index (χ3n) is 3.50. The number of hydrogen-bond acceptors (Lipinski definition) is 4. The lowest BCUT2D eigenvalue weighted by atomic mass is 9.64. The van der Waals surface area contributed by atoms with Crippen LogP contribution in [0.3, 0.4) is 0 Å². The van der Waals surface area contributed by atoms with Crippen LogP contribution in [0.1, 0.15) is 0 Å². The summed E-state index contributed by atoms with van der Waals surface area (Å²) < 4.78 is 5.42. The molecular formula is C16H15BN2O2. The van der Waals surface area contributed by atoms with E-state index in [1.54, 1.807) is 32.5 Å². The van der Waals surface area contributed by atoms with E-state index in [1.807, 2.05) is 30.3 Å². The summed E-state index contributed by atoms with van der Waals surface area (Å²) in [7, 11) is 1.64. The number of pyridine rings is 2. The van der Waals surface area contributed by atoms with Crippen molar-refractivity contribution in [2.24, 2.45) is 0 Å². The number of hydrogen-bond donors (Lipinski definition) is 1. The van der Waals surface area contributed by atoms with Crippen LogP contribution in [-0.2, 0) is 0 Å². The standard InChI is InChI=1S/C16H15BN2O2/c1-17(20)13-3-4-16(21-2)14(8-13)12-7-11-5-6-18-10-15(11)19-9-12/h3-10,20H,1-2H3. The maximum absolute atomic E-state index is 9.77. The number of rotatable bonds is 3. The van der Waals surface area contributed by atoms with Gasteiger partial charge in [0, 0.05) is 28.9 Å². The first-order valence-electron chi connectivity index (χ1n) is 6.75. The van der Waals surface area contributed by atoms with Crippen LogP contribution in [0.5, 0.6) is 5.75 Å². The predicted molar refractivity (Wildman–Crippen MR) is 85.0 cm³/mol. The van der Waals surface area contributed by atoms with E-state index in [1.165, 1.54) is 0 Å². The molecule has 2 heterocycles. The van der Waals surface area contributed by atoms with Gasteiger partial charge in [-0.3, -0.25) is 9.97 Å². The minimum Gasteiger partial charge on any atom is -0.496 e. The fraction of sp³-hybridized carbons (Fsp3) is 0.125. The molecule has 21 heavy (non-hydrogen) atoms. The van der Waals surface area contributed by atoms with Crippen molar-refractivity contribution < 1.29 is 9.76 Å². The molecule has 104 valence electrons. The van der Waals surface area contributed by atoms with Gasteiger partial charge in [-0.1, -0.05) is 19.0 Å². The van der Waals surface area contributed by atoms with E-state index in [0.29, 0.717) is 0 Å². The smallest absolute Gasteiger partial charge is 0.320 e. The maximum Gasteiger partial charge on any atom is 0.320 e. The zero-order chi connectivity index (χ0) is 14.8. The summed E-state index contributed by atoms with van der Waals surface area (Å²) in [5, 5.41) is 10.8. The van der Waals surface area contributed by atoms with Crippen LogP contribution >= 0.6 is 0 Å². The van der Waals surface area contributed by atoms with Gasteiger partial charge in [-0.05, 0) is 23.7 Å². The fourth-order valence-corrected chi connectivity index (χ4v) is 2.33. The maximum atomic E-state index is 9.77. The summed E-state index contributed by atoms with van der Waals surface area (Å²) in [6.45, 7) is 1.22. The van der Waals surface area contributed by atoms with Crippen molar-refractivity contribution in [1.29, 1.82) is 0 Å². The average molecular weight is 278 g/mol. The summed E-state index contributed by atoms with van der Waals surface area (Å²) in [6.07, 6.45) is 5.29. The van der Waals surface area contributed by atoms with Crippen LogP contribution in [-0.4, -0.2) is 29.0 Å². The van der Waals surface area contributed by atoms with Gasteiger partial charge in [0.1, 0.15) is 5.75 Å². The number of benzene rings is 1. The van der Waals surface area contributed by atoms with Gasteiger partial charge < -0.3 is 9.76 Å². The Labute approximate surface area is 123 Å². The number of fused-ring (bicyclic) bond motifs is 1. The van der Waals surface area contributed by atoms with Crippen LogP contribution in [0.15, 0.2) is 48.9 Å². The molecule has 0 amide bonds. The molecule has 0 radical (unpaired) electrons. The van der Waals surface area contributed by atoms with Gasteiger partial charge in [0.15, 0.2) is 0 Å². The summed E-state index contributed by atoms with van der Waals surface area (Å²) in [5.74, 6) is 0.759. The van der Waals surface area contributed by atoms with Gasteiger partial charge in [0.25, 0.3) is 0 Å². The Bertz CT molecular complexity index is 790. The second kappa shape index (κ2) is 5.54. The van der Waals surface area contributed by atoms with E-state index in [-0.39, 0.29) is 0 Å². The molecule has 2 aromatic heterocycles. The molecule has 3 aromatic rings. The third kappa shape index (κ3) is 2.60. The van der Waals surface area contributed by atoms with Crippen molar-refractivity contribution in [2.75, 3.05) is 7.11 Å². The molecule has 3 rings (SSSR count). The van der Waals surface area contributed by atoms with E-state index in [2.05, 4.69) is 9.97 Å². The lowest BCUT2D eigenvalue weighted by molar-refractivity contribution is 0.416. The first-order chi connectivity index (χ1) is 10.2. The Morgan fingerprint density at radius 2 is 2.00 bits per heavy atom. The zero-order valence-corrected chi connectivity index (χ0v) is 11.9. The topological polar surface area (TPSA) is 55.2 Å². The Morgan fingerprint density at radius 3 is 2.76 bits per heavy atom.